The molecule has 22 heavy (non-hydrogen) atoms. The zero-order valence-electron chi connectivity index (χ0n) is 12.8. The molecule has 0 spiro atoms. The van der Waals surface area contributed by atoms with Crippen molar-refractivity contribution in [2.75, 3.05) is 13.6 Å². The Kier molecular flexibility index (Phi) is 5.46. The number of pyridine rings is 1. The second-order valence-corrected chi connectivity index (χ2v) is 7.11. The number of aryl methyl sites for hydroxylation is 1. The molecule has 0 saturated carbocycles. The Balaban J connectivity index is 1.98. The molecule has 0 fully saturated rings. The number of likely N-dealkylation sites (N-methyl/N-ethyl adjacent to an activating group) is 1. The second-order valence-electron chi connectivity index (χ2n) is 5.19. The molecule has 1 aromatic carbocycles. The van der Waals surface area contributed by atoms with Gasteiger partial charge in [0.25, 0.3) is 0 Å². The van der Waals surface area contributed by atoms with E-state index in [1.54, 1.807) is 25.5 Å². The molecule has 0 aliphatic heterocycles. The lowest BCUT2D eigenvalue weighted by Gasteiger charge is -2.14. The molecular weight excluding hydrogens is 296 g/mol. The van der Waals surface area contributed by atoms with Gasteiger partial charge in [0.1, 0.15) is 0 Å². The van der Waals surface area contributed by atoms with E-state index in [9.17, 15) is 8.42 Å². The van der Waals surface area contributed by atoms with E-state index in [-0.39, 0.29) is 0 Å². The highest BCUT2D eigenvalue weighted by molar-refractivity contribution is 7.92. The summed E-state index contributed by atoms with van der Waals surface area (Å²) >= 11 is 0. The van der Waals surface area contributed by atoms with Crippen LogP contribution in [0.4, 0.5) is 0 Å². The predicted octanol–water partition coefficient (Wildman–Crippen LogP) is 2.87. The first-order chi connectivity index (χ1) is 10.5. The third kappa shape index (κ3) is 4.79. The van der Waals surface area contributed by atoms with Crippen LogP contribution in [0.15, 0.2) is 54.2 Å². The van der Waals surface area contributed by atoms with Crippen molar-refractivity contribution in [2.45, 2.75) is 13.3 Å². The number of benzene rings is 1. The molecule has 0 atom stereocenters. The third-order valence-corrected chi connectivity index (χ3v) is 4.94. The van der Waals surface area contributed by atoms with E-state index < -0.39 is 10.0 Å². The first-order valence-corrected chi connectivity index (χ1v) is 8.58. The summed E-state index contributed by atoms with van der Waals surface area (Å²) in [6, 6.07) is 11.5. The molecule has 0 aliphatic rings. The molecule has 0 bridgehead atoms. The van der Waals surface area contributed by atoms with Crippen LogP contribution in [0.1, 0.15) is 16.7 Å². The summed E-state index contributed by atoms with van der Waals surface area (Å²) in [6.45, 7) is 2.43. The molecule has 0 unspecified atom stereocenters. The first-order valence-electron chi connectivity index (χ1n) is 7.07. The van der Waals surface area contributed by atoms with Crippen molar-refractivity contribution in [1.82, 2.24) is 9.29 Å². The van der Waals surface area contributed by atoms with Crippen LogP contribution in [-0.4, -0.2) is 31.3 Å². The van der Waals surface area contributed by atoms with Crippen LogP contribution in [0, 0.1) is 6.92 Å². The van der Waals surface area contributed by atoms with Crippen LogP contribution in [-0.2, 0) is 16.4 Å². The lowest BCUT2D eigenvalue weighted by Crippen LogP contribution is -2.27. The van der Waals surface area contributed by atoms with Gasteiger partial charge in [0.2, 0.25) is 10.0 Å². The largest absolute Gasteiger partial charge is 0.265 e. The Hall–Kier alpha value is -1.98. The number of hydrogen-bond acceptors (Lipinski definition) is 3. The van der Waals surface area contributed by atoms with E-state index in [0.29, 0.717) is 13.0 Å². The molecule has 2 rings (SSSR count). The normalized spacial score (nSPS) is 12.1. The van der Waals surface area contributed by atoms with Crippen LogP contribution in [0.25, 0.3) is 6.08 Å². The van der Waals surface area contributed by atoms with Gasteiger partial charge in [-0.15, -0.1) is 0 Å². The molecular formula is C17H20N2O2S. The Morgan fingerprint density at radius 3 is 2.36 bits per heavy atom. The predicted molar refractivity (Wildman–Crippen MR) is 89.7 cm³/mol. The summed E-state index contributed by atoms with van der Waals surface area (Å²) < 4.78 is 25.8. The Bertz CT molecular complexity index is 723. The minimum Gasteiger partial charge on any atom is -0.265 e. The van der Waals surface area contributed by atoms with E-state index in [1.165, 1.54) is 9.71 Å². The fraction of sp³-hybridized carbons (Fsp3) is 0.235. The molecule has 0 aliphatic carbocycles. The van der Waals surface area contributed by atoms with Gasteiger partial charge in [0.15, 0.2) is 0 Å². The third-order valence-electron chi connectivity index (χ3n) is 3.41. The van der Waals surface area contributed by atoms with Gasteiger partial charge in [-0.1, -0.05) is 29.8 Å². The first kappa shape index (κ1) is 16.4. The monoisotopic (exact) mass is 316 g/mol. The topological polar surface area (TPSA) is 50.3 Å². The van der Waals surface area contributed by atoms with Gasteiger partial charge >= 0.3 is 0 Å². The van der Waals surface area contributed by atoms with Gasteiger partial charge in [-0.2, -0.15) is 0 Å². The maximum Gasteiger partial charge on any atom is 0.235 e. The van der Waals surface area contributed by atoms with Gasteiger partial charge in [-0.05, 0) is 42.7 Å². The summed E-state index contributed by atoms with van der Waals surface area (Å²) in [5.74, 6) is 0. The standard InChI is InChI=1S/C17H20N2O2S/c1-15-3-5-16(6-4-15)10-14-22(20,21)19(2)13-9-17-7-11-18-12-8-17/h3-8,10-12,14H,9,13H2,1-2H3/b14-10-. The number of aromatic nitrogens is 1. The minimum absolute atomic E-state index is 0.435. The summed E-state index contributed by atoms with van der Waals surface area (Å²) in [5, 5.41) is 1.25. The average molecular weight is 316 g/mol. The van der Waals surface area contributed by atoms with Crippen molar-refractivity contribution in [3.8, 4) is 0 Å². The number of sulfonamides is 1. The van der Waals surface area contributed by atoms with Crippen molar-refractivity contribution < 1.29 is 8.42 Å². The van der Waals surface area contributed by atoms with Crippen molar-refractivity contribution in [2.24, 2.45) is 0 Å². The fourth-order valence-corrected chi connectivity index (χ4v) is 2.79. The SMILES string of the molecule is Cc1ccc(/C=C\S(=O)(=O)N(C)CCc2ccncc2)cc1. The zero-order valence-corrected chi connectivity index (χ0v) is 13.6. The smallest absolute Gasteiger partial charge is 0.235 e. The maximum absolute atomic E-state index is 12.2. The van der Waals surface area contributed by atoms with Gasteiger partial charge in [-0.25, -0.2) is 12.7 Å². The Labute approximate surface area is 132 Å². The van der Waals surface area contributed by atoms with Crippen LogP contribution in [0.5, 0.6) is 0 Å². The lowest BCUT2D eigenvalue weighted by atomic mass is 10.2. The summed E-state index contributed by atoms with van der Waals surface area (Å²) in [5.41, 5.74) is 3.09. The van der Waals surface area contributed by atoms with Gasteiger partial charge in [-0.3, -0.25) is 4.98 Å². The van der Waals surface area contributed by atoms with Crippen LogP contribution < -0.4 is 0 Å². The highest BCUT2D eigenvalue weighted by Gasteiger charge is 2.13. The van der Waals surface area contributed by atoms with Crippen LogP contribution in [0.2, 0.25) is 0 Å². The average Bonchev–Trinajstić information content (AvgIpc) is 2.53. The van der Waals surface area contributed by atoms with Crippen molar-refractivity contribution in [3.63, 3.8) is 0 Å². The highest BCUT2D eigenvalue weighted by Crippen LogP contribution is 2.09. The Morgan fingerprint density at radius 2 is 1.73 bits per heavy atom. The van der Waals surface area contributed by atoms with Crippen LogP contribution in [0.3, 0.4) is 0 Å². The van der Waals surface area contributed by atoms with Crippen molar-refractivity contribution >= 4 is 16.1 Å². The molecule has 0 amide bonds. The van der Waals surface area contributed by atoms with Gasteiger partial charge in [0.05, 0.1) is 0 Å². The second kappa shape index (κ2) is 7.33. The van der Waals surface area contributed by atoms with Gasteiger partial charge in [0, 0.05) is 31.4 Å². The molecule has 0 N–H and O–H groups in total. The summed E-state index contributed by atoms with van der Waals surface area (Å²) in [6.07, 6.45) is 5.70. The molecule has 4 nitrogen and oxygen atoms in total. The fourth-order valence-electron chi connectivity index (χ4n) is 1.91. The van der Waals surface area contributed by atoms with E-state index in [2.05, 4.69) is 4.98 Å². The highest BCUT2D eigenvalue weighted by atomic mass is 32.2. The summed E-state index contributed by atoms with van der Waals surface area (Å²) in [7, 11) is -1.81. The molecule has 1 aromatic heterocycles. The number of rotatable bonds is 6. The Morgan fingerprint density at radius 1 is 1.09 bits per heavy atom. The lowest BCUT2D eigenvalue weighted by molar-refractivity contribution is 0.481. The van der Waals surface area contributed by atoms with E-state index in [1.807, 2.05) is 43.3 Å². The van der Waals surface area contributed by atoms with Crippen molar-refractivity contribution in [1.29, 1.82) is 0 Å². The molecule has 5 heteroatoms. The molecule has 1 heterocycles. The van der Waals surface area contributed by atoms with E-state index >= 15 is 0 Å². The number of nitrogens with zero attached hydrogens (tertiary/aromatic N) is 2. The van der Waals surface area contributed by atoms with Gasteiger partial charge < -0.3 is 0 Å². The quantitative estimate of drug-likeness (QED) is 0.823. The molecule has 0 radical (unpaired) electrons. The van der Waals surface area contributed by atoms with E-state index in [4.69, 9.17) is 0 Å². The minimum atomic E-state index is -3.40. The number of hydrogen-bond donors (Lipinski definition) is 0. The molecule has 0 saturated heterocycles. The summed E-state index contributed by atoms with van der Waals surface area (Å²) in [4.78, 5) is 3.95. The molecule has 116 valence electrons. The molecule has 2 aromatic rings. The zero-order chi connectivity index (χ0) is 16.0. The maximum atomic E-state index is 12.2. The van der Waals surface area contributed by atoms with E-state index in [0.717, 1.165) is 16.7 Å². The van der Waals surface area contributed by atoms with Crippen LogP contribution >= 0.6 is 0 Å². The van der Waals surface area contributed by atoms with Crippen molar-refractivity contribution in [3.05, 3.63) is 70.9 Å².